The van der Waals surface area contributed by atoms with E-state index in [4.69, 9.17) is 27.9 Å². The summed E-state index contributed by atoms with van der Waals surface area (Å²) in [5.74, 6) is -1.02. The highest BCUT2D eigenvalue weighted by atomic mass is 35.5. The van der Waals surface area contributed by atoms with Gasteiger partial charge in [-0.15, -0.1) is 0 Å². The molecule has 0 radical (unpaired) electrons. The number of amides is 3. The van der Waals surface area contributed by atoms with Crippen molar-refractivity contribution < 1.29 is 23.9 Å². The van der Waals surface area contributed by atoms with Gasteiger partial charge in [0.05, 0.1) is 12.3 Å². The number of imide groups is 1. The van der Waals surface area contributed by atoms with Crippen LogP contribution in [0.3, 0.4) is 0 Å². The van der Waals surface area contributed by atoms with Crippen LogP contribution >= 0.6 is 23.2 Å². The van der Waals surface area contributed by atoms with Crippen molar-refractivity contribution in [2.24, 2.45) is 5.41 Å². The summed E-state index contributed by atoms with van der Waals surface area (Å²) in [5.41, 5.74) is 2.90. The number of hydrogen-bond donors (Lipinski definition) is 0. The maximum Gasteiger partial charge on any atom is 0.349 e. The van der Waals surface area contributed by atoms with Gasteiger partial charge in [-0.05, 0) is 81.9 Å². The first kappa shape index (κ1) is 34.1. The zero-order valence-corrected chi connectivity index (χ0v) is 27.2. The van der Waals surface area contributed by atoms with E-state index in [0.717, 1.165) is 12.8 Å². The Hall–Kier alpha value is -3.42. The summed E-state index contributed by atoms with van der Waals surface area (Å²) in [6.45, 7) is 12.6. The smallest absolute Gasteiger partial charge is 0.349 e. The van der Waals surface area contributed by atoms with Crippen LogP contribution in [0.4, 0.5) is 5.69 Å². The maximum absolute atomic E-state index is 12.7. The lowest BCUT2D eigenvalue weighted by molar-refractivity contribution is -0.142. The lowest BCUT2D eigenvalue weighted by Crippen LogP contribution is -2.43. The standard InChI is InChI=1S/C19H17Cl2NO4.C15H23NO/c1-2-26-19(25)16(21)10-11-9-12(7-8-15(11)20)22-17(23)13-5-3-4-6-14(13)18(22)24;1-12(2)16(14(17)15(3,4)5)11-13-9-7-6-8-10-13/h7-10H,2-6H2,1H3;6-10,12H,11H2,1-5H3/b16-10-;. The first-order valence-corrected chi connectivity index (χ1v) is 15.3. The second-order valence-electron chi connectivity index (χ2n) is 11.8. The number of ether oxygens (including phenoxy) is 1. The molecule has 2 aromatic rings. The van der Waals surface area contributed by atoms with Gasteiger partial charge >= 0.3 is 5.97 Å². The molecule has 2 aromatic carbocycles. The van der Waals surface area contributed by atoms with E-state index >= 15 is 0 Å². The molecule has 0 N–H and O–H groups in total. The largest absolute Gasteiger partial charge is 0.462 e. The number of carbonyl (C=O) groups excluding carboxylic acids is 4. The van der Waals surface area contributed by atoms with Crippen LogP contribution in [0.5, 0.6) is 0 Å². The number of rotatable bonds is 7. The minimum Gasteiger partial charge on any atom is -0.462 e. The van der Waals surface area contributed by atoms with E-state index in [1.165, 1.54) is 16.5 Å². The van der Waals surface area contributed by atoms with E-state index in [0.29, 0.717) is 46.8 Å². The van der Waals surface area contributed by atoms with Crippen LogP contribution in [0.25, 0.3) is 6.08 Å². The van der Waals surface area contributed by atoms with E-state index in [1.807, 2.05) is 43.9 Å². The minimum atomic E-state index is -0.666. The predicted octanol–water partition coefficient (Wildman–Crippen LogP) is 7.70. The number of carbonyl (C=O) groups is 4. The van der Waals surface area contributed by atoms with Crippen LogP contribution in [-0.4, -0.2) is 41.2 Å². The Kier molecular flexibility index (Phi) is 11.8. The van der Waals surface area contributed by atoms with Crippen LogP contribution in [0.15, 0.2) is 64.7 Å². The van der Waals surface area contributed by atoms with E-state index < -0.39 is 5.97 Å². The third-order valence-electron chi connectivity index (χ3n) is 7.10. The van der Waals surface area contributed by atoms with E-state index in [2.05, 4.69) is 26.0 Å². The van der Waals surface area contributed by atoms with Gasteiger partial charge in [-0.3, -0.25) is 14.4 Å². The van der Waals surface area contributed by atoms with Crippen LogP contribution < -0.4 is 4.90 Å². The molecule has 1 aliphatic carbocycles. The molecule has 3 amide bonds. The van der Waals surface area contributed by atoms with Crippen molar-refractivity contribution in [1.82, 2.24) is 4.90 Å². The summed E-state index contributed by atoms with van der Waals surface area (Å²) in [6, 6.07) is 15.1. The van der Waals surface area contributed by atoms with Gasteiger partial charge in [-0.25, -0.2) is 9.69 Å². The van der Waals surface area contributed by atoms with E-state index in [1.54, 1.807) is 25.1 Å². The average molecular weight is 628 g/mol. The monoisotopic (exact) mass is 626 g/mol. The molecule has 0 saturated heterocycles. The lowest BCUT2D eigenvalue weighted by Gasteiger charge is -2.32. The zero-order valence-electron chi connectivity index (χ0n) is 25.7. The number of anilines is 1. The second kappa shape index (κ2) is 14.8. The van der Waals surface area contributed by atoms with E-state index in [9.17, 15) is 19.2 Å². The molecule has 0 fully saturated rings. The Morgan fingerprint density at radius 1 is 1.00 bits per heavy atom. The fourth-order valence-electron chi connectivity index (χ4n) is 4.85. The van der Waals surface area contributed by atoms with Gasteiger partial charge in [0.25, 0.3) is 11.8 Å². The molecule has 0 spiro atoms. The minimum absolute atomic E-state index is 0.137. The van der Waals surface area contributed by atoms with Gasteiger partial charge in [-0.2, -0.15) is 0 Å². The third kappa shape index (κ3) is 8.58. The van der Waals surface area contributed by atoms with Crippen LogP contribution in [0.1, 0.15) is 78.4 Å². The van der Waals surface area contributed by atoms with Gasteiger partial charge < -0.3 is 9.64 Å². The molecule has 0 bridgehead atoms. The molecular weight excluding hydrogens is 587 g/mol. The topological polar surface area (TPSA) is 84.0 Å². The first-order chi connectivity index (χ1) is 20.3. The summed E-state index contributed by atoms with van der Waals surface area (Å²) in [4.78, 5) is 52.5. The quantitative estimate of drug-likeness (QED) is 0.179. The highest BCUT2D eigenvalue weighted by molar-refractivity contribution is 6.43. The van der Waals surface area contributed by atoms with Crippen molar-refractivity contribution >= 4 is 58.7 Å². The van der Waals surface area contributed by atoms with Crippen molar-refractivity contribution in [2.75, 3.05) is 11.5 Å². The lowest BCUT2D eigenvalue weighted by atomic mass is 9.93. The van der Waals surface area contributed by atoms with Crippen LogP contribution in [-0.2, 0) is 30.5 Å². The summed E-state index contributed by atoms with van der Waals surface area (Å²) in [5, 5.41) is 0.204. The third-order valence-corrected chi connectivity index (χ3v) is 7.71. The fraction of sp³-hybridized carbons (Fsp3) is 0.412. The van der Waals surface area contributed by atoms with Gasteiger partial charge in [0, 0.05) is 34.2 Å². The first-order valence-electron chi connectivity index (χ1n) is 14.6. The number of hydrogen-bond acceptors (Lipinski definition) is 5. The van der Waals surface area contributed by atoms with Gasteiger partial charge in [0.1, 0.15) is 5.03 Å². The maximum atomic E-state index is 12.7. The Bertz CT molecular complexity index is 1400. The highest BCUT2D eigenvalue weighted by Gasteiger charge is 2.39. The van der Waals surface area contributed by atoms with Crippen molar-refractivity contribution in [2.45, 2.75) is 79.8 Å². The second-order valence-corrected chi connectivity index (χ2v) is 12.6. The number of esters is 1. The number of benzene rings is 2. The molecule has 0 saturated carbocycles. The Morgan fingerprint density at radius 3 is 2.09 bits per heavy atom. The molecular formula is C34H40Cl2N2O5. The van der Waals surface area contributed by atoms with Crippen molar-refractivity contribution in [3.8, 4) is 0 Å². The number of halogens is 2. The van der Waals surface area contributed by atoms with Gasteiger partial charge in [0.15, 0.2) is 0 Å². The molecule has 9 heteroatoms. The summed E-state index contributed by atoms with van der Waals surface area (Å²) >= 11 is 12.1. The Labute approximate surface area is 264 Å². The SMILES string of the molecule is CC(C)N(Cc1ccccc1)C(=O)C(C)(C)C.CCOC(=O)/C(Cl)=C/c1cc(N2C(=O)C3=C(CCCC3)C2=O)ccc1Cl. The van der Waals surface area contributed by atoms with E-state index in [-0.39, 0.29) is 40.8 Å². The zero-order chi connectivity index (χ0) is 31.9. The molecule has 2 aliphatic rings. The average Bonchev–Trinajstić information content (AvgIpc) is 3.22. The van der Waals surface area contributed by atoms with Crippen molar-refractivity contribution in [3.63, 3.8) is 0 Å². The molecule has 7 nitrogen and oxygen atoms in total. The molecule has 0 atom stereocenters. The molecule has 1 aliphatic heterocycles. The fourth-order valence-corrected chi connectivity index (χ4v) is 5.19. The van der Waals surface area contributed by atoms with Crippen molar-refractivity contribution in [1.29, 1.82) is 0 Å². The van der Waals surface area contributed by atoms with Crippen LogP contribution in [0, 0.1) is 5.41 Å². The molecule has 4 rings (SSSR count). The van der Waals surface area contributed by atoms with Gasteiger partial charge in [0.2, 0.25) is 5.91 Å². The normalized spacial score (nSPS) is 15.3. The molecule has 0 unspecified atom stereocenters. The Morgan fingerprint density at radius 2 is 1.58 bits per heavy atom. The van der Waals surface area contributed by atoms with Crippen molar-refractivity contribution in [3.05, 3.63) is 80.9 Å². The molecule has 1 heterocycles. The van der Waals surface area contributed by atoms with Crippen LogP contribution in [0.2, 0.25) is 5.02 Å². The summed E-state index contributed by atoms with van der Waals surface area (Å²) < 4.78 is 4.84. The highest BCUT2D eigenvalue weighted by Crippen LogP contribution is 2.37. The summed E-state index contributed by atoms with van der Waals surface area (Å²) in [7, 11) is 0. The molecule has 0 aromatic heterocycles. The molecule has 43 heavy (non-hydrogen) atoms. The van der Waals surface area contributed by atoms with Gasteiger partial charge in [-0.1, -0.05) is 74.3 Å². The molecule has 230 valence electrons. The predicted molar refractivity (Wildman–Crippen MR) is 171 cm³/mol. The number of nitrogens with zero attached hydrogens (tertiary/aromatic N) is 2. The Balaban J connectivity index is 0.000000259. The summed E-state index contributed by atoms with van der Waals surface area (Å²) in [6.07, 6.45) is 4.45.